The highest BCUT2D eigenvalue weighted by atomic mass is 32.2. The average molecular weight is 528 g/mol. The molecule has 3 aromatic rings. The summed E-state index contributed by atoms with van der Waals surface area (Å²) in [5, 5.41) is 41.2. The van der Waals surface area contributed by atoms with E-state index in [0.29, 0.717) is 17.3 Å². The summed E-state index contributed by atoms with van der Waals surface area (Å²) in [7, 11) is 0. The lowest BCUT2D eigenvalue weighted by Crippen LogP contribution is -2.33. The SMILES string of the molecule is [2H]C([2H])(O)CO[C@H]1C[C@@H](n2nnc3c(N[C@@]4([2H])[C@H](c5ccc(C)c(F)c5)C4([2H])[2H])nc(SC([2H])([2H])C([2H])([2H])C)nc32)[C@H](O)[C@@H]1O. The molecule has 2 aromatic heterocycles. The summed E-state index contributed by atoms with van der Waals surface area (Å²) in [4.78, 5) is 8.55. The number of ether oxygens (including phenoxy) is 1. The molecular weight excluding hydrogens is 487 g/mol. The summed E-state index contributed by atoms with van der Waals surface area (Å²) in [5.74, 6) is -2.00. The minimum absolute atomic E-state index is 0.125. The van der Waals surface area contributed by atoms with Gasteiger partial charge in [0.2, 0.25) is 0 Å². The van der Waals surface area contributed by atoms with Gasteiger partial charge in [-0.3, -0.25) is 0 Å². The van der Waals surface area contributed by atoms with Crippen LogP contribution in [-0.2, 0) is 4.74 Å². The van der Waals surface area contributed by atoms with E-state index in [4.69, 9.17) is 17.1 Å². The van der Waals surface area contributed by atoms with Gasteiger partial charge in [0.1, 0.15) is 18.0 Å². The molecular formula is C24H31FN6O4S. The quantitative estimate of drug-likeness (QED) is 0.229. The van der Waals surface area contributed by atoms with Gasteiger partial charge in [-0.05, 0) is 36.9 Å². The summed E-state index contributed by atoms with van der Waals surface area (Å²) in [6.07, 6.45) is -8.95. The molecule has 6 atom stereocenters. The molecule has 36 heavy (non-hydrogen) atoms. The van der Waals surface area contributed by atoms with E-state index in [0.717, 1.165) is 17.7 Å². The van der Waals surface area contributed by atoms with Crippen LogP contribution in [0, 0.1) is 12.7 Å². The van der Waals surface area contributed by atoms with Crippen molar-refractivity contribution in [2.45, 2.75) is 74.5 Å². The standard InChI is InChI=1S/C24H31FN6O4S/c1-3-8-36-24-27-22(26-16-10-14(16)13-5-4-12(2)15(25)9-13)19-23(28-24)31(30-29-19)17-11-18(35-7-6-32)21(34)20(17)33/h4-5,9,14,16-18,20-21,32-34H,3,6-8,10-11H2,1-2H3,(H,26,27,28)/t14-,16+,17+,18-,20-,21+/m0/s1/i3D2,6D2,8D2,10D2,16D. The predicted octanol–water partition coefficient (Wildman–Crippen LogP) is 2.18. The van der Waals surface area contributed by atoms with Gasteiger partial charge in [-0.15, -0.1) is 5.10 Å². The van der Waals surface area contributed by atoms with Crippen LogP contribution in [-0.4, -0.2) is 83.5 Å². The summed E-state index contributed by atoms with van der Waals surface area (Å²) in [5.41, 5.74) is -2.28. The molecule has 5 rings (SSSR count). The molecule has 12 heteroatoms. The summed E-state index contributed by atoms with van der Waals surface area (Å²) < 4.78 is 93.6. The predicted molar refractivity (Wildman–Crippen MR) is 133 cm³/mol. The van der Waals surface area contributed by atoms with Gasteiger partial charge < -0.3 is 25.4 Å². The van der Waals surface area contributed by atoms with Crippen LogP contribution in [0.15, 0.2) is 23.4 Å². The molecule has 2 fully saturated rings. The first-order chi connectivity index (χ1) is 20.6. The number of thioether (sulfide) groups is 1. The van der Waals surface area contributed by atoms with Crippen molar-refractivity contribution in [1.29, 1.82) is 0 Å². The summed E-state index contributed by atoms with van der Waals surface area (Å²) in [6, 6.07) is 0.948. The topological polar surface area (TPSA) is 138 Å². The minimum atomic E-state index is -2.70. The first kappa shape index (κ1) is 16.5. The fourth-order valence-electron chi connectivity index (χ4n) is 4.17. The third kappa shape index (κ3) is 4.92. The molecule has 0 unspecified atom stereocenters. The van der Waals surface area contributed by atoms with Crippen molar-refractivity contribution in [3.63, 3.8) is 0 Å². The van der Waals surface area contributed by atoms with Crippen LogP contribution in [0.25, 0.3) is 11.2 Å². The molecule has 4 N–H and O–H groups in total. The Bertz CT molecular complexity index is 1610. The Morgan fingerprint density at radius 3 is 2.94 bits per heavy atom. The number of benzene rings is 1. The van der Waals surface area contributed by atoms with Gasteiger partial charge in [-0.25, -0.2) is 19.0 Å². The number of nitrogens with zero attached hydrogens (tertiary/aromatic N) is 5. The lowest BCUT2D eigenvalue weighted by atomic mass is 10.1. The van der Waals surface area contributed by atoms with Crippen LogP contribution in [0.5, 0.6) is 0 Å². The minimum Gasteiger partial charge on any atom is -0.394 e. The number of hydrogen-bond acceptors (Lipinski definition) is 10. The third-order valence-corrected chi connectivity index (χ3v) is 6.78. The van der Waals surface area contributed by atoms with Crippen LogP contribution >= 0.6 is 11.8 Å². The lowest BCUT2D eigenvalue weighted by molar-refractivity contribution is -0.0629. The number of aromatic nitrogens is 5. The van der Waals surface area contributed by atoms with Crippen LogP contribution in [0.2, 0.25) is 0 Å². The molecule has 2 saturated carbocycles. The molecule has 2 aliphatic carbocycles. The Morgan fingerprint density at radius 2 is 2.19 bits per heavy atom. The van der Waals surface area contributed by atoms with Crippen LogP contribution in [0.1, 0.15) is 61.5 Å². The van der Waals surface area contributed by atoms with E-state index in [2.05, 4.69) is 25.6 Å². The largest absolute Gasteiger partial charge is 0.394 e. The molecule has 10 nitrogen and oxygen atoms in total. The van der Waals surface area contributed by atoms with E-state index in [1.54, 1.807) is 6.92 Å². The highest BCUT2D eigenvalue weighted by Gasteiger charge is 2.45. The van der Waals surface area contributed by atoms with Crippen molar-refractivity contribution in [1.82, 2.24) is 25.0 Å². The zero-order chi connectivity index (χ0) is 33.5. The zero-order valence-corrected chi connectivity index (χ0v) is 20.1. The molecule has 1 aromatic carbocycles. The average Bonchev–Trinajstić information content (AvgIpc) is 3.19. The van der Waals surface area contributed by atoms with Crippen LogP contribution in [0.4, 0.5) is 10.2 Å². The van der Waals surface area contributed by atoms with Gasteiger partial charge >= 0.3 is 0 Å². The first-order valence-electron chi connectivity index (χ1n) is 15.6. The first-order valence-corrected chi connectivity index (χ1v) is 12.0. The zero-order valence-electron chi connectivity index (χ0n) is 28.3. The Balaban J connectivity index is 1.56. The maximum atomic E-state index is 14.4. The maximum Gasteiger partial charge on any atom is 0.191 e. The van der Waals surface area contributed by atoms with Gasteiger partial charge in [-0.1, -0.05) is 36.0 Å². The number of aryl methyl sites for hydroxylation is 1. The monoisotopic (exact) mass is 527 g/mol. The lowest BCUT2D eigenvalue weighted by Gasteiger charge is -2.17. The molecule has 0 bridgehead atoms. The van der Waals surface area contributed by atoms with Crippen molar-refractivity contribution in [2.75, 3.05) is 24.2 Å². The van der Waals surface area contributed by atoms with Crippen molar-refractivity contribution in [3.8, 4) is 0 Å². The Labute approximate surface area is 224 Å². The van der Waals surface area contributed by atoms with Crippen molar-refractivity contribution in [2.24, 2.45) is 0 Å². The number of fused-ring (bicyclic) bond motifs is 1. The summed E-state index contributed by atoms with van der Waals surface area (Å²) >= 11 is 0.313. The van der Waals surface area contributed by atoms with Crippen molar-refractivity contribution >= 4 is 28.7 Å². The van der Waals surface area contributed by atoms with Crippen molar-refractivity contribution < 1.29 is 36.8 Å². The van der Waals surface area contributed by atoms with Crippen molar-refractivity contribution in [3.05, 3.63) is 35.1 Å². The molecule has 2 heterocycles. The second-order valence-electron chi connectivity index (χ2n) is 8.43. The second-order valence-corrected chi connectivity index (χ2v) is 9.20. The highest BCUT2D eigenvalue weighted by molar-refractivity contribution is 7.99. The Hall–Kier alpha value is -2.38. The van der Waals surface area contributed by atoms with Gasteiger partial charge in [0.15, 0.2) is 22.1 Å². The number of rotatable bonds is 10. The van der Waals surface area contributed by atoms with E-state index < -0.39 is 73.7 Å². The van der Waals surface area contributed by atoms with Gasteiger partial charge in [0.05, 0.1) is 29.4 Å². The number of nitrogens with one attached hydrogen (secondary N) is 1. The fraction of sp³-hybridized carbons (Fsp3) is 0.583. The Kier molecular flexibility index (Phi) is 4.82. The number of halogens is 1. The number of aliphatic hydroxyl groups is 3. The normalized spacial score (nSPS) is 35.9. The molecule has 0 spiro atoms. The van der Waals surface area contributed by atoms with Gasteiger partial charge in [-0.2, -0.15) is 0 Å². The highest BCUT2D eigenvalue weighted by Crippen LogP contribution is 2.44. The molecule has 2 aliphatic rings. The molecule has 0 radical (unpaired) electrons. The smallest absolute Gasteiger partial charge is 0.191 e. The van der Waals surface area contributed by atoms with Gasteiger partial charge in [0, 0.05) is 32.3 Å². The van der Waals surface area contributed by atoms with Gasteiger partial charge in [0.25, 0.3) is 0 Å². The second kappa shape index (κ2) is 10.5. The van der Waals surface area contributed by atoms with E-state index >= 15 is 0 Å². The molecule has 194 valence electrons. The molecule has 0 aliphatic heterocycles. The Morgan fingerprint density at radius 1 is 1.36 bits per heavy atom. The molecule has 0 saturated heterocycles. The van der Waals surface area contributed by atoms with Crippen LogP contribution < -0.4 is 5.32 Å². The summed E-state index contributed by atoms with van der Waals surface area (Å²) in [6.45, 7) is -0.924. The maximum absolute atomic E-state index is 14.4. The number of aliphatic hydroxyl groups excluding tert-OH is 2. The number of anilines is 1. The van der Waals surface area contributed by atoms with E-state index in [1.807, 2.05) is 0 Å². The molecule has 0 amide bonds. The van der Waals surface area contributed by atoms with E-state index in [-0.39, 0.29) is 34.1 Å². The third-order valence-electron chi connectivity index (χ3n) is 6.11. The fourth-order valence-corrected chi connectivity index (χ4v) is 4.63. The van der Waals surface area contributed by atoms with E-state index in [9.17, 15) is 19.7 Å². The van der Waals surface area contributed by atoms with Crippen LogP contribution in [0.3, 0.4) is 0 Å². The van der Waals surface area contributed by atoms with E-state index in [1.165, 1.54) is 12.1 Å². The number of hydrogen-bond donors (Lipinski definition) is 4.